The Morgan fingerprint density at radius 3 is 2.38 bits per heavy atom. The van der Waals surface area contributed by atoms with E-state index in [1.165, 1.54) is 53.1 Å². The normalized spacial score (nSPS) is 20.4. The number of carbonyl (C=O) groups excluding carboxylic acids is 4. The van der Waals surface area contributed by atoms with Crippen molar-refractivity contribution in [2.24, 2.45) is 0 Å². The zero-order chi connectivity index (χ0) is 55.4. The topological polar surface area (TPSA) is 324 Å². The van der Waals surface area contributed by atoms with E-state index in [9.17, 15) is 53.1 Å². The maximum absolute atomic E-state index is 14.3. The molecular weight excluding hydrogens is 1070 g/mol. The zero-order valence-corrected chi connectivity index (χ0v) is 43.7. The minimum atomic E-state index is -5.26. The fourth-order valence-electron chi connectivity index (χ4n) is 9.31. The molecule has 0 radical (unpaired) electrons. The predicted molar refractivity (Wildman–Crippen MR) is 275 cm³/mol. The van der Waals surface area contributed by atoms with E-state index in [-0.39, 0.29) is 104 Å². The Bertz CT molecular complexity index is 3300. The molecule has 6 aromatic rings. The number of aromatic amines is 1. The summed E-state index contributed by atoms with van der Waals surface area (Å²) in [4.78, 5) is 58.7. The van der Waals surface area contributed by atoms with Crippen LogP contribution in [0.25, 0.3) is 21.7 Å². The van der Waals surface area contributed by atoms with Crippen molar-refractivity contribution in [3.8, 4) is 28.7 Å². The molecule has 0 saturated carbocycles. The highest BCUT2D eigenvalue weighted by atomic mass is 35.5. The number of likely N-dealkylation sites (N-methyl/N-ethyl adjacent to an activating group) is 1. The number of aliphatic hydroxyl groups excluding tert-OH is 4. The van der Waals surface area contributed by atoms with Gasteiger partial charge in [-0.3, -0.25) is 24.1 Å². The Labute approximate surface area is 450 Å². The van der Waals surface area contributed by atoms with Crippen molar-refractivity contribution < 1.29 is 85.2 Å². The Morgan fingerprint density at radius 1 is 0.872 bits per heavy atom. The number of H-pyrrole nitrogens is 1. The summed E-state index contributed by atoms with van der Waals surface area (Å²) >= 11 is 6.54. The quantitative estimate of drug-likeness (QED) is 0.0304. The van der Waals surface area contributed by atoms with Crippen LogP contribution < -0.4 is 22.7 Å². The summed E-state index contributed by atoms with van der Waals surface area (Å²) in [5.41, 5.74) is 2.10. The Morgan fingerprint density at radius 2 is 1.63 bits per heavy atom. The second kappa shape index (κ2) is 23.8. The van der Waals surface area contributed by atoms with Gasteiger partial charge in [-0.2, -0.15) is 0 Å². The average Bonchev–Trinajstić information content (AvgIpc) is 4.23. The minimum absolute atomic E-state index is 0.0117. The number of nitrogens with zero attached hydrogens (tertiary/aromatic N) is 6. The van der Waals surface area contributed by atoms with Crippen LogP contribution in [-0.2, 0) is 47.2 Å². The number of phenolic OH excluding ortho intramolecular Hbond substituents is 1. The number of amides is 4. The molecule has 2 fully saturated rings. The maximum Gasteiger partial charge on any atom is 0.501 e. The highest BCUT2D eigenvalue weighted by Crippen LogP contribution is 2.47. The van der Waals surface area contributed by atoms with Crippen molar-refractivity contribution in [1.29, 1.82) is 0 Å². The number of aromatic nitrogens is 4. The largest absolute Gasteiger partial charge is 0.508 e. The minimum Gasteiger partial charge on any atom is -0.508 e. The molecule has 5 heterocycles. The Balaban J connectivity index is 0.906. The number of likely N-dealkylation sites (tertiary alicyclic amines) is 1. The molecule has 4 aromatic carbocycles. The maximum atomic E-state index is 14.3. The number of carbonyl (C=O) groups is 4. The molecule has 3 aliphatic heterocycles. The molecule has 3 aliphatic rings. The summed E-state index contributed by atoms with van der Waals surface area (Å²) < 4.78 is 69.7. The number of halogens is 1. The molecule has 6 N–H and O–H groups in total. The number of rotatable bonds is 23. The molecule has 6 atom stereocenters. The molecule has 4 amide bonds. The highest BCUT2D eigenvalue weighted by Gasteiger charge is 2.45. The van der Waals surface area contributed by atoms with Crippen LogP contribution in [0.5, 0.6) is 28.7 Å². The smallest absolute Gasteiger partial charge is 0.501 e. The lowest BCUT2D eigenvalue weighted by Crippen LogP contribution is -2.60. The van der Waals surface area contributed by atoms with E-state index < -0.39 is 76.9 Å². The second-order valence-electron chi connectivity index (χ2n) is 18.6. The standard InChI is InChI=1S/C51H56ClN7O18S/c1-56(12-16-73-17-13-57-26-31(54-55-57)11-15-72-18-14-58-43(62)9-10-44(58)63)49(67)29-4-8-39(74-51-48(66)47(65)46(64)42(27-60)75-51)41(20-29)77-78(69,70)76-40-23-38-45(35-22-33(71-2)6-7-34(35)40)30(24-52)25-59(38)50(68)37-19-28-3-5-32(61)21-36(28)53-37/h3-8,19-23,26,30,42,46-48,51,53,60-61,64-66H,9-18,24-25,27H2,1-2H3/t30-,42-,46+,47+,48?,51-/m1/s1. The van der Waals surface area contributed by atoms with Crippen LogP contribution in [0.2, 0.25) is 0 Å². The van der Waals surface area contributed by atoms with Crippen molar-refractivity contribution >= 4 is 73.0 Å². The number of fused-ring (bicyclic) bond motifs is 4. The number of nitrogens with one attached hydrogen (secondary N) is 1. The Hall–Kier alpha value is -7.14. The number of benzene rings is 4. The lowest BCUT2D eigenvalue weighted by Gasteiger charge is -2.39. The van der Waals surface area contributed by atoms with Crippen LogP contribution in [0.3, 0.4) is 0 Å². The first-order chi connectivity index (χ1) is 37.4. The highest BCUT2D eigenvalue weighted by molar-refractivity contribution is 7.82. The van der Waals surface area contributed by atoms with Gasteiger partial charge in [-0.25, -0.2) is 4.68 Å². The van der Waals surface area contributed by atoms with Gasteiger partial charge >= 0.3 is 10.4 Å². The number of imide groups is 1. The van der Waals surface area contributed by atoms with Crippen molar-refractivity contribution in [3.05, 3.63) is 95.4 Å². The molecule has 78 heavy (non-hydrogen) atoms. The first kappa shape index (κ1) is 55.6. The lowest BCUT2D eigenvalue weighted by molar-refractivity contribution is -0.277. The molecule has 27 heteroatoms. The fourth-order valence-corrected chi connectivity index (χ4v) is 10.3. The number of methoxy groups -OCH3 is 1. The number of hydrogen-bond donors (Lipinski definition) is 6. The number of hydrogen-bond acceptors (Lipinski definition) is 20. The summed E-state index contributed by atoms with van der Waals surface area (Å²) in [5, 5.41) is 61.2. The summed E-state index contributed by atoms with van der Waals surface area (Å²) in [6.45, 7) is 0.689. The summed E-state index contributed by atoms with van der Waals surface area (Å²) in [5.74, 6) is -2.87. The number of ether oxygens (including phenoxy) is 5. The zero-order valence-electron chi connectivity index (χ0n) is 42.1. The van der Waals surface area contributed by atoms with Crippen LogP contribution >= 0.6 is 11.6 Å². The first-order valence-electron chi connectivity index (χ1n) is 24.7. The summed E-state index contributed by atoms with van der Waals surface area (Å²) in [7, 11) is -2.33. The van der Waals surface area contributed by atoms with Gasteiger partial charge in [-0.05, 0) is 65.5 Å². The molecule has 0 spiro atoms. The van der Waals surface area contributed by atoms with Gasteiger partial charge in [-0.15, -0.1) is 25.1 Å². The van der Waals surface area contributed by atoms with Gasteiger partial charge in [0.25, 0.3) is 11.8 Å². The van der Waals surface area contributed by atoms with Gasteiger partial charge in [0.1, 0.15) is 41.6 Å². The third-order valence-corrected chi connectivity index (χ3v) is 14.6. The van der Waals surface area contributed by atoms with Crippen LogP contribution in [0.4, 0.5) is 5.69 Å². The van der Waals surface area contributed by atoms with Crippen LogP contribution in [0, 0.1) is 0 Å². The van der Waals surface area contributed by atoms with Gasteiger partial charge in [-0.1, -0.05) is 5.21 Å². The number of aromatic hydroxyl groups is 1. The van der Waals surface area contributed by atoms with E-state index in [1.807, 2.05) is 0 Å². The molecule has 2 saturated heterocycles. The van der Waals surface area contributed by atoms with Gasteiger partial charge in [0.15, 0.2) is 17.2 Å². The average molecular weight is 1120 g/mol. The number of aliphatic hydroxyl groups is 4. The second-order valence-corrected chi connectivity index (χ2v) is 20.1. The third kappa shape index (κ3) is 12.1. The number of phenols is 1. The van der Waals surface area contributed by atoms with Crippen LogP contribution in [0.1, 0.15) is 50.9 Å². The van der Waals surface area contributed by atoms with E-state index in [4.69, 9.17) is 43.7 Å². The van der Waals surface area contributed by atoms with E-state index >= 15 is 0 Å². The first-order valence-corrected chi connectivity index (χ1v) is 26.5. The van der Waals surface area contributed by atoms with E-state index in [1.54, 1.807) is 41.2 Å². The lowest BCUT2D eigenvalue weighted by atomic mass is 9.95. The van der Waals surface area contributed by atoms with Gasteiger partial charge in [0.2, 0.25) is 18.1 Å². The van der Waals surface area contributed by atoms with Gasteiger partial charge < -0.3 is 72.4 Å². The summed E-state index contributed by atoms with van der Waals surface area (Å²) in [6.07, 6.45) is -6.12. The van der Waals surface area contributed by atoms with Crippen LogP contribution in [-0.4, -0.2) is 191 Å². The summed E-state index contributed by atoms with van der Waals surface area (Å²) in [6, 6.07) is 15.8. The Kier molecular flexibility index (Phi) is 17.0. The van der Waals surface area contributed by atoms with Gasteiger partial charge in [0, 0.05) is 91.4 Å². The SMILES string of the molecule is COc1ccc2c(OS(=O)(=O)Oc3cc(C(=O)N(C)CCOCCn4cc(CCOCCN5C(=O)CCC5=O)nn4)ccc3O[C@@H]3O[C@H](CO)[C@H](O)[C@H](O)C3O)cc3c(c2c1)[C@H](CCl)CN3C(=O)c1cc2ccc(O)cc2[nH]1. The van der Waals surface area contributed by atoms with Crippen molar-refractivity contribution in [2.75, 3.05) is 77.6 Å². The molecule has 0 aliphatic carbocycles. The molecule has 2 aromatic heterocycles. The van der Waals surface area contributed by atoms with E-state index in [0.717, 1.165) is 12.1 Å². The number of anilines is 1. The molecule has 25 nitrogen and oxygen atoms in total. The monoisotopic (exact) mass is 1120 g/mol. The molecule has 416 valence electrons. The van der Waals surface area contributed by atoms with Crippen LogP contribution in [0.15, 0.2) is 72.9 Å². The van der Waals surface area contributed by atoms with Crippen molar-refractivity contribution in [1.82, 2.24) is 29.8 Å². The number of alkyl halides is 1. The predicted octanol–water partition coefficient (Wildman–Crippen LogP) is 1.99. The molecule has 9 rings (SSSR count). The fraction of sp³-hybridized carbons (Fsp3) is 0.412. The molecule has 1 unspecified atom stereocenters. The van der Waals surface area contributed by atoms with Crippen molar-refractivity contribution in [2.45, 2.75) is 62.4 Å². The van der Waals surface area contributed by atoms with Gasteiger partial charge in [0.05, 0.1) is 64.6 Å². The molecule has 0 bridgehead atoms. The molecular formula is C51H56ClN7O18S. The van der Waals surface area contributed by atoms with E-state index in [0.29, 0.717) is 52.9 Å². The third-order valence-electron chi connectivity index (χ3n) is 13.4. The van der Waals surface area contributed by atoms with Crippen molar-refractivity contribution in [3.63, 3.8) is 0 Å². The van der Waals surface area contributed by atoms with E-state index in [2.05, 4.69) is 15.3 Å².